The number of nitrogens with one attached hydrogen (secondary N) is 2. The molecule has 0 fully saturated rings. The minimum Gasteiger partial charge on any atom is -0.394 e. The SMILES string of the molecule is CC(c1ccc2[nH]c(=O)sc2c1)c1cc[n+](C(N)=CC=C(N)C(N)=O)[nH]1. The van der Waals surface area contributed by atoms with E-state index in [1.54, 1.807) is 10.9 Å². The third-order valence-electron chi connectivity index (χ3n) is 4.06. The van der Waals surface area contributed by atoms with Crippen LogP contribution in [0.4, 0.5) is 0 Å². The quantitative estimate of drug-likeness (QED) is 0.251. The first-order valence-corrected chi connectivity index (χ1v) is 8.63. The van der Waals surface area contributed by atoms with Gasteiger partial charge in [0.15, 0.2) is 0 Å². The van der Waals surface area contributed by atoms with Crippen LogP contribution >= 0.6 is 11.3 Å². The van der Waals surface area contributed by atoms with Gasteiger partial charge in [-0.3, -0.25) is 15.3 Å². The van der Waals surface area contributed by atoms with Crippen molar-refractivity contribution in [2.75, 3.05) is 0 Å². The Morgan fingerprint density at radius 3 is 2.73 bits per heavy atom. The smallest absolute Gasteiger partial charge is 0.305 e. The van der Waals surface area contributed by atoms with Crippen LogP contribution in [0.3, 0.4) is 0 Å². The van der Waals surface area contributed by atoms with Crippen LogP contribution in [0.5, 0.6) is 0 Å². The molecule has 0 saturated carbocycles. The summed E-state index contributed by atoms with van der Waals surface area (Å²) in [5.74, 6) is -0.286. The Balaban J connectivity index is 1.85. The highest BCUT2D eigenvalue weighted by Gasteiger charge is 2.15. The molecule has 1 unspecified atom stereocenters. The number of amides is 1. The van der Waals surface area contributed by atoms with Crippen molar-refractivity contribution in [3.63, 3.8) is 0 Å². The van der Waals surface area contributed by atoms with Crippen LogP contribution in [0.2, 0.25) is 0 Å². The summed E-state index contributed by atoms with van der Waals surface area (Å²) in [4.78, 5) is 25.1. The van der Waals surface area contributed by atoms with Crippen molar-refractivity contribution in [3.8, 4) is 0 Å². The number of H-pyrrole nitrogens is 2. The lowest BCUT2D eigenvalue weighted by molar-refractivity contribution is -0.643. The number of aromatic nitrogens is 3. The lowest BCUT2D eigenvalue weighted by Gasteiger charge is -2.09. The van der Waals surface area contributed by atoms with Crippen molar-refractivity contribution in [2.24, 2.45) is 17.2 Å². The van der Waals surface area contributed by atoms with Gasteiger partial charge in [-0.25, -0.2) is 5.10 Å². The summed E-state index contributed by atoms with van der Waals surface area (Å²) in [7, 11) is 0. The molecule has 2 aromatic heterocycles. The minimum atomic E-state index is -0.706. The second kappa shape index (κ2) is 6.89. The molecule has 2 heterocycles. The van der Waals surface area contributed by atoms with Crippen molar-refractivity contribution in [2.45, 2.75) is 12.8 Å². The highest BCUT2D eigenvalue weighted by Crippen LogP contribution is 2.26. The number of primary amides is 1. The number of carbonyl (C=O) groups is 1. The van der Waals surface area contributed by atoms with Crippen LogP contribution in [-0.2, 0) is 4.79 Å². The van der Waals surface area contributed by atoms with E-state index in [9.17, 15) is 9.59 Å². The maximum absolute atomic E-state index is 11.5. The predicted molar refractivity (Wildman–Crippen MR) is 101 cm³/mol. The number of benzene rings is 1. The van der Waals surface area contributed by atoms with Crippen molar-refractivity contribution in [3.05, 3.63) is 69.2 Å². The van der Waals surface area contributed by atoms with E-state index in [0.29, 0.717) is 5.82 Å². The van der Waals surface area contributed by atoms with Gasteiger partial charge in [-0.1, -0.05) is 24.3 Å². The second-order valence-electron chi connectivity index (χ2n) is 5.82. The van der Waals surface area contributed by atoms with Gasteiger partial charge in [-0.15, -0.1) is 4.68 Å². The monoisotopic (exact) mass is 371 g/mol. The molecule has 8 N–H and O–H groups in total. The number of aromatic amines is 2. The highest BCUT2D eigenvalue weighted by molar-refractivity contribution is 7.16. The normalized spacial score (nSPS) is 13.9. The Morgan fingerprint density at radius 2 is 2.00 bits per heavy atom. The first-order valence-electron chi connectivity index (χ1n) is 7.81. The number of carbonyl (C=O) groups excluding carboxylic acids is 1. The highest BCUT2D eigenvalue weighted by atomic mass is 32.1. The summed E-state index contributed by atoms with van der Waals surface area (Å²) in [5, 5.41) is 3.19. The van der Waals surface area contributed by atoms with Crippen molar-refractivity contribution in [1.82, 2.24) is 10.1 Å². The number of nitrogens with zero attached hydrogens (tertiary/aromatic N) is 1. The summed E-state index contributed by atoms with van der Waals surface area (Å²) in [6, 6.07) is 7.80. The zero-order valence-electron chi connectivity index (χ0n) is 14.0. The number of fused-ring (bicyclic) bond motifs is 1. The fourth-order valence-corrected chi connectivity index (χ4v) is 3.29. The molecule has 0 aliphatic carbocycles. The topological polar surface area (TPSA) is 148 Å². The summed E-state index contributed by atoms with van der Waals surface area (Å²) in [6.45, 7) is 2.05. The fraction of sp³-hybridized carbons (Fsp3) is 0.118. The molecule has 0 bridgehead atoms. The van der Waals surface area contributed by atoms with Crippen LogP contribution in [0.15, 0.2) is 53.1 Å². The molecule has 1 amide bonds. The minimum absolute atomic E-state index is 0.0660. The van der Waals surface area contributed by atoms with Gasteiger partial charge >= 0.3 is 4.87 Å². The van der Waals surface area contributed by atoms with Gasteiger partial charge in [0.2, 0.25) is 0 Å². The van der Waals surface area contributed by atoms with Gasteiger partial charge in [0.25, 0.3) is 11.7 Å². The molecular formula is C17H19N6O2S+. The molecule has 134 valence electrons. The maximum Gasteiger partial charge on any atom is 0.305 e. The first kappa shape index (κ1) is 17.5. The van der Waals surface area contributed by atoms with E-state index >= 15 is 0 Å². The Labute approximate surface area is 152 Å². The number of rotatable bonds is 5. The van der Waals surface area contributed by atoms with Crippen molar-refractivity contribution in [1.29, 1.82) is 0 Å². The number of hydrogen-bond donors (Lipinski definition) is 5. The van der Waals surface area contributed by atoms with Crippen LogP contribution in [0.25, 0.3) is 16.0 Å². The Morgan fingerprint density at radius 1 is 1.23 bits per heavy atom. The molecule has 0 saturated heterocycles. The average molecular weight is 371 g/mol. The van der Waals surface area contributed by atoms with Gasteiger partial charge < -0.3 is 16.5 Å². The molecule has 1 aromatic carbocycles. The van der Waals surface area contributed by atoms with E-state index in [1.807, 2.05) is 24.3 Å². The molecular weight excluding hydrogens is 352 g/mol. The average Bonchev–Trinajstić information content (AvgIpc) is 3.23. The standard InChI is InChI=1S/C17H18N6O2S/c1-9(10-2-4-13-14(8-10)26-17(25)21-13)12-6-7-23(22-12)15(19)5-3-11(18)16(20)24/h2-9H,18H2,1H3,(H5,19,20,21,24,25)/p+1. The molecule has 26 heavy (non-hydrogen) atoms. The number of allylic oxidation sites excluding steroid dienone is 2. The van der Waals surface area contributed by atoms with Crippen LogP contribution < -0.4 is 26.8 Å². The Hall–Kier alpha value is -3.33. The summed E-state index contributed by atoms with van der Waals surface area (Å²) in [6.07, 6.45) is 4.63. The van der Waals surface area contributed by atoms with E-state index < -0.39 is 5.91 Å². The first-order chi connectivity index (χ1) is 12.3. The third-order valence-corrected chi connectivity index (χ3v) is 4.91. The zero-order chi connectivity index (χ0) is 18.8. The molecule has 8 nitrogen and oxygen atoms in total. The number of nitrogens with two attached hydrogens (primary N) is 3. The zero-order valence-corrected chi connectivity index (χ0v) is 14.8. The molecule has 0 aliphatic rings. The van der Waals surface area contributed by atoms with Gasteiger partial charge in [0.1, 0.15) is 6.20 Å². The largest absolute Gasteiger partial charge is 0.394 e. The lowest BCUT2D eigenvalue weighted by Crippen LogP contribution is -2.38. The van der Waals surface area contributed by atoms with Crippen LogP contribution in [0.1, 0.15) is 24.1 Å². The molecule has 3 aromatic rings. The van der Waals surface area contributed by atoms with Gasteiger partial charge in [-0.05, 0) is 23.8 Å². The number of thiazole rings is 1. The second-order valence-corrected chi connectivity index (χ2v) is 6.84. The third kappa shape index (κ3) is 3.52. The molecule has 0 spiro atoms. The van der Waals surface area contributed by atoms with Gasteiger partial charge in [0, 0.05) is 18.1 Å². The van der Waals surface area contributed by atoms with E-state index in [2.05, 4.69) is 17.0 Å². The van der Waals surface area contributed by atoms with Crippen LogP contribution in [-0.4, -0.2) is 16.0 Å². The van der Waals surface area contributed by atoms with E-state index in [0.717, 1.165) is 21.5 Å². The Kier molecular flexibility index (Phi) is 4.63. The fourth-order valence-electron chi connectivity index (χ4n) is 2.51. The van der Waals surface area contributed by atoms with Gasteiger partial charge in [0.05, 0.1) is 21.6 Å². The maximum atomic E-state index is 11.5. The number of hydrogen-bond acceptors (Lipinski definition) is 5. The molecule has 0 radical (unpaired) electrons. The van der Waals surface area contributed by atoms with E-state index in [1.165, 1.54) is 23.5 Å². The summed E-state index contributed by atoms with van der Waals surface area (Å²) >= 11 is 1.19. The predicted octanol–water partition coefficient (Wildman–Crippen LogP) is 0.442. The van der Waals surface area contributed by atoms with Gasteiger partial charge in [-0.2, -0.15) is 0 Å². The molecule has 3 rings (SSSR count). The van der Waals surface area contributed by atoms with Crippen LogP contribution in [0, 0.1) is 0 Å². The lowest BCUT2D eigenvalue weighted by atomic mass is 9.98. The molecule has 0 aliphatic heterocycles. The van der Waals surface area contributed by atoms with Crippen molar-refractivity contribution < 1.29 is 9.48 Å². The summed E-state index contributed by atoms with van der Waals surface area (Å²) < 4.78 is 2.54. The van der Waals surface area contributed by atoms with E-state index in [-0.39, 0.29) is 16.5 Å². The molecule has 1 atom stereocenters. The summed E-state index contributed by atoms with van der Waals surface area (Å²) in [5.41, 5.74) is 19.3. The Bertz CT molecular complexity index is 1090. The van der Waals surface area contributed by atoms with Crippen molar-refractivity contribution >= 4 is 33.3 Å². The molecule has 9 heteroatoms. The van der Waals surface area contributed by atoms with E-state index in [4.69, 9.17) is 17.2 Å².